The highest BCUT2D eigenvalue weighted by Gasteiger charge is 2.07. The van der Waals surface area contributed by atoms with E-state index in [9.17, 15) is 9.59 Å². The smallest absolute Gasteiger partial charge is 0.186 e. The monoisotopic (exact) mass is 264 g/mol. The van der Waals surface area contributed by atoms with Crippen molar-refractivity contribution in [3.05, 3.63) is 82.9 Å². The van der Waals surface area contributed by atoms with E-state index in [0.29, 0.717) is 11.1 Å². The fourth-order valence-electron chi connectivity index (χ4n) is 2.03. The van der Waals surface area contributed by atoms with Crippen LogP contribution in [0.5, 0.6) is 0 Å². The van der Waals surface area contributed by atoms with E-state index < -0.39 is 0 Å². The molecule has 2 nitrogen and oxygen atoms in total. The second kappa shape index (κ2) is 6.11. The van der Waals surface area contributed by atoms with Gasteiger partial charge in [0.25, 0.3) is 0 Å². The molecule has 100 valence electrons. The third kappa shape index (κ3) is 3.29. The van der Waals surface area contributed by atoms with Gasteiger partial charge < -0.3 is 0 Å². The van der Waals surface area contributed by atoms with Crippen LogP contribution >= 0.6 is 0 Å². The number of carbonyl (C=O) groups excluding carboxylic acids is 2. The molecule has 0 spiro atoms. The number of carbonyl (C=O) groups is 2. The van der Waals surface area contributed by atoms with Gasteiger partial charge in [0.2, 0.25) is 0 Å². The third-order valence-electron chi connectivity index (χ3n) is 3.09. The molecule has 0 radical (unpaired) electrons. The Kier molecular flexibility index (Phi) is 4.26. The van der Waals surface area contributed by atoms with E-state index in [2.05, 4.69) is 0 Å². The van der Waals surface area contributed by atoms with Gasteiger partial charge in [-0.1, -0.05) is 54.1 Å². The molecule has 0 saturated carbocycles. The van der Waals surface area contributed by atoms with Crippen LogP contribution in [0.1, 0.15) is 31.8 Å². The Balaban J connectivity index is 2.15. The summed E-state index contributed by atoms with van der Waals surface area (Å²) in [6.07, 6.45) is 2.67. The number of aryl methyl sites for hydroxylation is 2. The van der Waals surface area contributed by atoms with Crippen LogP contribution in [0.15, 0.2) is 60.7 Å². The van der Waals surface area contributed by atoms with Crippen molar-refractivity contribution in [1.29, 1.82) is 0 Å². The minimum Gasteiger partial charge on any atom is -0.289 e. The first-order valence-electron chi connectivity index (χ1n) is 6.47. The van der Waals surface area contributed by atoms with Gasteiger partial charge in [-0.3, -0.25) is 9.59 Å². The second-order valence-corrected chi connectivity index (χ2v) is 4.75. The molecule has 20 heavy (non-hydrogen) atoms. The van der Waals surface area contributed by atoms with Crippen molar-refractivity contribution in [3.63, 3.8) is 0 Å². The maximum absolute atomic E-state index is 12.1. The molecule has 2 aromatic rings. The molecule has 0 aliphatic rings. The summed E-state index contributed by atoms with van der Waals surface area (Å²) < 4.78 is 0. The topological polar surface area (TPSA) is 34.1 Å². The molecule has 0 heterocycles. The Morgan fingerprint density at radius 2 is 1.50 bits per heavy atom. The zero-order chi connectivity index (χ0) is 14.5. The summed E-state index contributed by atoms with van der Waals surface area (Å²) in [7, 11) is 0. The van der Waals surface area contributed by atoms with Gasteiger partial charge in [-0.2, -0.15) is 0 Å². The van der Waals surface area contributed by atoms with E-state index >= 15 is 0 Å². The van der Waals surface area contributed by atoms with Crippen molar-refractivity contribution >= 4 is 11.6 Å². The molecule has 0 saturated heterocycles. The Labute approximate surface area is 118 Å². The molecule has 0 aromatic heterocycles. The van der Waals surface area contributed by atoms with E-state index in [1.165, 1.54) is 12.2 Å². The van der Waals surface area contributed by atoms with E-state index in [4.69, 9.17) is 0 Å². The maximum Gasteiger partial charge on any atom is 0.186 e. The number of benzene rings is 2. The van der Waals surface area contributed by atoms with Crippen LogP contribution in [0.25, 0.3) is 0 Å². The first-order valence-corrected chi connectivity index (χ1v) is 6.47. The van der Waals surface area contributed by atoms with E-state index in [-0.39, 0.29) is 11.6 Å². The Bertz CT molecular complexity index is 667. The van der Waals surface area contributed by atoms with Crippen LogP contribution in [0, 0.1) is 13.8 Å². The van der Waals surface area contributed by atoms with Crippen LogP contribution < -0.4 is 0 Å². The number of rotatable bonds is 4. The zero-order valence-corrected chi connectivity index (χ0v) is 11.6. The molecule has 0 N–H and O–H groups in total. The van der Waals surface area contributed by atoms with Crippen LogP contribution in [0.3, 0.4) is 0 Å². The van der Waals surface area contributed by atoms with Crippen molar-refractivity contribution in [3.8, 4) is 0 Å². The van der Waals surface area contributed by atoms with Crippen molar-refractivity contribution in [2.24, 2.45) is 0 Å². The lowest BCUT2D eigenvalue weighted by Gasteiger charge is -2.02. The summed E-state index contributed by atoms with van der Waals surface area (Å²) in [4.78, 5) is 24.0. The lowest BCUT2D eigenvalue weighted by Crippen LogP contribution is -2.00. The van der Waals surface area contributed by atoms with Crippen molar-refractivity contribution in [1.82, 2.24) is 0 Å². The van der Waals surface area contributed by atoms with Crippen molar-refractivity contribution in [2.75, 3.05) is 0 Å². The van der Waals surface area contributed by atoms with Gasteiger partial charge in [0.1, 0.15) is 0 Å². The maximum atomic E-state index is 12.1. The third-order valence-corrected chi connectivity index (χ3v) is 3.09. The molecule has 0 bridgehead atoms. The predicted molar refractivity (Wildman–Crippen MR) is 80.2 cm³/mol. The van der Waals surface area contributed by atoms with Gasteiger partial charge in [-0.15, -0.1) is 0 Å². The SMILES string of the molecule is Cc1ccc(C(=O)C=CC(=O)c2ccccc2)c(C)c1. The number of allylic oxidation sites excluding steroid dienone is 2. The summed E-state index contributed by atoms with van der Waals surface area (Å²) >= 11 is 0. The minimum absolute atomic E-state index is 0.146. The van der Waals surface area contributed by atoms with Crippen molar-refractivity contribution in [2.45, 2.75) is 13.8 Å². The number of ketones is 2. The zero-order valence-electron chi connectivity index (χ0n) is 11.6. The largest absolute Gasteiger partial charge is 0.289 e. The average Bonchev–Trinajstić information content (AvgIpc) is 2.45. The summed E-state index contributed by atoms with van der Waals surface area (Å²) in [5.74, 6) is -0.310. The molecule has 0 aliphatic heterocycles. The molecule has 2 heteroatoms. The molecule has 2 aromatic carbocycles. The summed E-state index contributed by atoms with van der Waals surface area (Å²) in [5.41, 5.74) is 3.25. The number of hydrogen-bond acceptors (Lipinski definition) is 2. The minimum atomic E-state index is -0.163. The molecule has 0 unspecified atom stereocenters. The van der Waals surface area contributed by atoms with Gasteiger partial charge in [0.05, 0.1) is 0 Å². The van der Waals surface area contributed by atoms with Crippen LogP contribution in [-0.2, 0) is 0 Å². The predicted octanol–water partition coefficient (Wildman–Crippen LogP) is 3.93. The molecule has 0 fully saturated rings. The highest BCUT2D eigenvalue weighted by atomic mass is 16.1. The molecular formula is C18H16O2. The second-order valence-electron chi connectivity index (χ2n) is 4.75. The lowest BCUT2D eigenvalue weighted by molar-refractivity contribution is 0.102. The summed E-state index contributed by atoms with van der Waals surface area (Å²) in [5, 5.41) is 0. The summed E-state index contributed by atoms with van der Waals surface area (Å²) in [6.45, 7) is 3.88. The van der Waals surface area contributed by atoms with Gasteiger partial charge >= 0.3 is 0 Å². The fraction of sp³-hybridized carbons (Fsp3) is 0.111. The summed E-state index contributed by atoms with van der Waals surface area (Å²) in [6, 6.07) is 14.6. The van der Waals surface area contributed by atoms with Gasteiger partial charge in [-0.05, 0) is 31.6 Å². The molecule has 2 rings (SSSR count). The van der Waals surface area contributed by atoms with Crippen LogP contribution in [0.4, 0.5) is 0 Å². The van der Waals surface area contributed by atoms with Crippen LogP contribution in [0.2, 0.25) is 0 Å². The van der Waals surface area contributed by atoms with Gasteiger partial charge in [0.15, 0.2) is 11.6 Å². The highest BCUT2D eigenvalue weighted by molar-refractivity contribution is 6.12. The molecule has 0 atom stereocenters. The Morgan fingerprint density at radius 1 is 0.850 bits per heavy atom. The van der Waals surface area contributed by atoms with E-state index in [1.807, 2.05) is 32.0 Å². The molecular weight excluding hydrogens is 248 g/mol. The Morgan fingerprint density at radius 3 is 2.15 bits per heavy atom. The van der Waals surface area contributed by atoms with Crippen molar-refractivity contribution < 1.29 is 9.59 Å². The normalized spacial score (nSPS) is 10.7. The Hall–Kier alpha value is -2.48. The average molecular weight is 264 g/mol. The molecule has 0 amide bonds. The number of hydrogen-bond donors (Lipinski definition) is 0. The van der Waals surface area contributed by atoms with E-state index in [0.717, 1.165) is 11.1 Å². The van der Waals surface area contributed by atoms with E-state index in [1.54, 1.807) is 30.3 Å². The first-order chi connectivity index (χ1) is 9.58. The highest BCUT2D eigenvalue weighted by Crippen LogP contribution is 2.12. The lowest BCUT2D eigenvalue weighted by atomic mass is 10.0. The molecule has 0 aliphatic carbocycles. The quantitative estimate of drug-likeness (QED) is 0.619. The van der Waals surface area contributed by atoms with Crippen LogP contribution in [-0.4, -0.2) is 11.6 Å². The van der Waals surface area contributed by atoms with Gasteiger partial charge in [0, 0.05) is 11.1 Å². The van der Waals surface area contributed by atoms with Gasteiger partial charge in [-0.25, -0.2) is 0 Å². The fourth-order valence-corrected chi connectivity index (χ4v) is 2.03. The standard InChI is InChI=1S/C18H16O2/c1-13-8-9-16(14(2)12-13)18(20)11-10-17(19)15-6-4-3-5-7-15/h3-12H,1-2H3. The first kappa shape index (κ1) is 13.9.